The van der Waals surface area contributed by atoms with Gasteiger partial charge in [0.25, 0.3) is 11.8 Å². The molecule has 0 aromatic heterocycles. The van der Waals surface area contributed by atoms with Crippen molar-refractivity contribution >= 4 is 46.4 Å². The molecule has 4 nitrogen and oxygen atoms in total. The summed E-state index contributed by atoms with van der Waals surface area (Å²) in [6.07, 6.45) is 2.08. The van der Waals surface area contributed by atoms with Crippen molar-refractivity contribution in [3.05, 3.63) is 41.5 Å². The molecule has 0 spiro atoms. The van der Waals surface area contributed by atoms with Gasteiger partial charge in [0.2, 0.25) is 0 Å². The van der Waals surface area contributed by atoms with Crippen molar-refractivity contribution in [1.82, 2.24) is 5.06 Å². The first-order chi connectivity index (χ1) is 12.3. The van der Waals surface area contributed by atoms with E-state index in [9.17, 15) is 22.8 Å². The maximum atomic E-state index is 12.5. The standard InChI is InChI=1S/C17H14F3NO3S2/c1-2-3-9-25-13-8-7-12-14-10(13)5-4-6-11(14)15(22)21(16(12)23)24-26-17(18,19)20/h4-8H,2-3,9H2,1H3. The number of alkyl halides is 3. The van der Waals surface area contributed by atoms with Gasteiger partial charge in [0.15, 0.2) is 0 Å². The molecule has 0 atom stereocenters. The van der Waals surface area contributed by atoms with Gasteiger partial charge in [-0.25, -0.2) is 0 Å². The number of hydrogen-bond acceptors (Lipinski definition) is 5. The Bertz CT molecular complexity index is 848. The van der Waals surface area contributed by atoms with Crippen LogP contribution in [0.5, 0.6) is 0 Å². The van der Waals surface area contributed by atoms with Gasteiger partial charge in [-0.2, -0.15) is 17.5 Å². The molecule has 2 amide bonds. The van der Waals surface area contributed by atoms with Crippen LogP contribution < -0.4 is 0 Å². The van der Waals surface area contributed by atoms with Crippen LogP contribution in [0.15, 0.2) is 35.2 Å². The van der Waals surface area contributed by atoms with Crippen molar-refractivity contribution in [3.63, 3.8) is 0 Å². The van der Waals surface area contributed by atoms with Gasteiger partial charge in [0.1, 0.15) is 12.0 Å². The summed E-state index contributed by atoms with van der Waals surface area (Å²) in [4.78, 5) is 25.9. The van der Waals surface area contributed by atoms with Gasteiger partial charge in [0, 0.05) is 10.3 Å². The van der Waals surface area contributed by atoms with Crippen LogP contribution in [0.4, 0.5) is 13.2 Å². The summed E-state index contributed by atoms with van der Waals surface area (Å²) in [7, 11) is 0. The lowest BCUT2D eigenvalue weighted by Gasteiger charge is -2.25. The van der Waals surface area contributed by atoms with Crippen LogP contribution in [0.3, 0.4) is 0 Å². The van der Waals surface area contributed by atoms with Crippen molar-refractivity contribution in [2.45, 2.75) is 30.2 Å². The highest BCUT2D eigenvalue weighted by molar-refractivity contribution is 7.99. The van der Waals surface area contributed by atoms with E-state index >= 15 is 0 Å². The average molecular weight is 401 g/mol. The maximum Gasteiger partial charge on any atom is 0.470 e. The second-order valence-electron chi connectivity index (χ2n) is 5.55. The fourth-order valence-electron chi connectivity index (χ4n) is 2.65. The number of thioether (sulfide) groups is 1. The van der Waals surface area contributed by atoms with Crippen molar-refractivity contribution in [2.75, 3.05) is 5.75 Å². The summed E-state index contributed by atoms with van der Waals surface area (Å²) in [6, 6.07) is 8.22. The van der Waals surface area contributed by atoms with Gasteiger partial charge in [-0.1, -0.05) is 25.5 Å². The number of hydrogen-bond donors (Lipinski definition) is 0. The first-order valence-electron chi connectivity index (χ1n) is 7.83. The fourth-order valence-corrected chi connectivity index (χ4v) is 4.08. The van der Waals surface area contributed by atoms with E-state index in [1.165, 1.54) is 12.1 Å². The largest absolute Gasteiger partial charge is 0.470 e. The van der Waals surface area contributed by atoms with Crippen molar-refractivity contribution < 1.29 is 27.0 Å². The summed E-state index contributed by atoms with van der Waals surface area (Å²) in [6.45, 7) is 2.09. The fraction of sp³-hybridized carbons (Fsp3) is 0.294. The Morgan fingerprint density at radius 2 is 1.77 bits per heavy atom. The van der Waals surface area contributed by atoms with Crippen LogP contribution in [-0.4, -0.2) is 28.1 Å². The first-order valence-corrected chi connectivity index (χ1v) is 9.56. The molecule has 2 aromatic rings. The van der Waals surface area contributed by atoms with Crippen LogP contribution in [0.25, 0.3) is 10.8 Å². The van der Waals surface area contributed by atoms with Crippen LogP contribution in [0, 0.1) is 0 Å². The highest BCUT2D eigenvalue weighted by Gasteiger charge is 2.39. The SMILES string of the molecule is CCCCSc1ccc2c3c(cccc13)C(=O)N(OSC(F)(F)F)C2=O. The number of rotatable bonds is 6. The van der Waals surface area contributed by atoms with Gasteiger partial charge < -0.3 is 0 Å². The van der Waals surface area contributed by atoms with E-state index in [0.717, 1.165) is 28.9 Å². The van der Waals surface area contributed by atoms with Crippen molar-refractivity contribution in [2.24, 2.45) is 0 Å². The third-order valence-electron chi connectivity index (χ3n) is 3.79. The van der Waals surface area contributed by atoms with Crippen molar-refractivity contribution in [3.8, 4) is 0 Å². The monoisotopic (exact) mass is 401 g/mol. The zero-order chi connectivity index (χ0) is 18.9. The molecule has 0 saturated carbocycles. The predicted octanol–water partition coefficient (Wildman–Crippen LogP) is 5.43. The number of carbonyl (C=O) groups excluding carboxylic acids is 2. The minimum Gasteiger partial charge on any atom is -0.266 e. The molecule has 0 saturated heterocycles. The van der Waals surface area contributed by atoms with E-state index in [4.69, 9.17) is 0 Å². The number of amides is 2. The van der Waals surface area contributed by atoms with Gasteiger partial charge in [-0.15, -0.1) is 16.8 Å². The molecular weight excluding hydrogens is 387 g/mol. The van der Waals surface area contributed by atoms with E-state index in [-0.39, 0.29) is 16.2 Å². The van der Waals surface area contributed by atoms with E-state index < -0.39 is 29.4 Å². The second kappa shape index (κ2) is 7.50. The zero-order valence-corrected chi connectivity index (χ0v) is 15.3. The average Bonchev–Trinajstić information content (AvgIpc) is 2.59. The Morgan fingerprint density at radius 3 is 2.42 bits per heavy atom. The van der Waals surface area contributed by atoms with E-state index in [1.54, 1.807) is 30.0 Å². The molecule has 0 radical (unpaired) electrons. The third kappa shape index (κ3) is 3.70. The molecule has 26 heavy (non-hydrogen) atoms. The highest BCUT2D eigenvalue weighted by Crippen LogP contribution is 2.38. The zero-order valence-electron chi connectivity index (χ0n) is 13.6. The lowest BCUT2D eigenvalue weighted by Crippen LogP contribution is -2.39. The van der Waals surface area contributed by atoms with Crippen LogP contribution in [0.2, 0.25) is 0 Å². The van der Waals surface area contributed by atoms with Gasteiger partial charge >= 0.3 is 5.51 Å². The minimum absolute atomic E-state index is 0.151. The highest BCUT2D eigenvalue weighted by atomic mass is 32.2. The Balaban J connectivity index is 2.01. The molecule has 9 heteroatoms. The van der Waals surface area contributed by atoms with E-state index in [2.05, 4.69) is 11.2 Å². The molecule has 3 rings (SSSR count). The Labute approximate surface area is 156 Å². The molecule has 0 fully saturated rings. The minimum atomic E-state index is -4.73. The first kappa shape index (κ1) is 19.1. The van der Waals surface area contributed by atoms with Crippen LogP contribution in [0.1, 0.15) is 40.5 Å². The Hall–Kier alpha value is -1.71. The number of unbranched alkanes of at least 4 members (excludes halogenated alkanes) is 1. The van der Waals surface area contributed by atoms with Gasteiger partial charge in [-0.05, 0) is 35.8 Å². The number of hydroxylamine groups is 2. The Morgan fingerprint density at radius 1 is 1.08 bits per heavy atom. The molecular formula is C17H14F3NO3S2. The number of nitrogens with zero attached hydrogens (tertiary/aromatic N) is 1. The predicted molar refractivity (Wildman–Crippen MR) is 94.8 cm³/mol. The van der Waals surface area contributed by atoms with Gasteiger partial charge in [0.05, 0.1) is 11.1 Å². The molecule has 1 aliphatic heterocycles. The normalized spacial score (nSPS) is 14.4. The summed E-state index contributed by atoms with van der Waals surface area (Å²) in [5.74, 6) is -0.907. The summed E-state index contributed by atoms with van der Waals surface area (Å²) in [5, 5.41) is 1.37. The van der Waals surface area contributed by atoms with Crippen LogP contribution in [-0.2, 0) is 4.28 Å². The lowest BCUT2D eigenvalue weighted by atomic mass is 9.95. The molecule has 0 bridgehead atoms. The third-order valence-corrected chi connectivity index (χ3v) is 5.36. The second-order valence-corrected chi connectivity index (χ2v) is 7.47. The smallest absolute Gasteiger partial charge is 0.266 e. The van der Waals surface area contributed by atoms with E-state index in [1.807, 2.05) is 0 Å². The molecule has 1 heterocycles. The van der Waals surface area contributed by atoms with Crippen LogP contribution >= 0.6 is 23.8 Å². The topological polar surface area (TPSA) is 46.6 Å². The number of imide groups is 1. The number of carbonyl (C=O) groups is 2. The summed E-state index contributed by atoms with van der Waals surface area (Å²) >= 11 is 0.732. The molecule has 138 valence electrons. The van der Waals surface area contributed by atoms with Gasteiger partial charge in [-0.3, -0.25) is 9.59 Å². The quantitative estimate of drug-likeness (QED) is 0.280. The van der Waals surface area contributed by atoms with E-state index in [0.29, 0.717) is 5.39 Å². The Kier molecular flexibility index (Phi) is 5.50. The molecule has 2 aromatic carbocycles. The number of halogens is 3. The van der Waals surface area contributed by atoms with Crippen molar-refractivity contribution in [1.29, 1.82) is 0 Å². The molecule has 0 aliphatic carbocycles. The lowest BCUT2D eigenvalue weighted by molar-refractivity contribution is -0.0570. The number of benzene rings is 2. The molecule has 0 N–H and O–H groups in total. The molecule has 1 aliphatic rings. The summed E-state index contributed by atoms with van der Waals surface area (Å²) in [5.41, 5.74) is -4.43. The summed E-state index contributed by atoms with van der Waals surface area (Å²) < 4.78 is 41.5. The maximum absolute atomic E-state index is 12.5. The molecule has 0 unspecified atom stereocenters.